The number of rotatable bonds is 6. The van der Waals surface area contributed by atoms with Gasteiger partial charge in [-0.1, -0.05) is 0 Å². The van der Waals surface area contributed by atoms with E-state index in [1.807, 2.05) is 24.4 Å². The summed E-state index contributed by atoms with van der Waals surface area (Å²) >= 11 is 1.46. The van der Waals surface area contributed by atoms with E-state index in [4.69, 9.17) is 14.2 Å². The summed E-state index contributed by atoms with van der Waals surface area (Å²) in [5, 5.41) is 5.52. The van der Waals surface area contributed by atoms with E-state index in [1.54, 1.807) is 24.4 Å². The molecule has 2 aromatic heterocycles. The average Bonchev–Trinajstić information content (AvgIpc) is 3.30. The van der Waals surface area contributed by atoms with Gasteiger partial charge in [-0.2, -0.15) is 0 Å². The lowest BCUT2D eigenvalue weighted by atomic mass is 10.2. The number of anilines is 1. The number of fused-ring (bicyclic) bond motifs is 1. The number of thiazole rings is 1. The minimum absolute atomic E-state index is 0.144. The number of carbonyl (C=O) groups excluding carboxylic acids is 1. The van der Waals surface area contributed by atoms with Gasteiger partial charge in [0.05, 0.1) is 18.3 Å². The lowest BCUT2D eigenvalue weighted by molar-refractivity contribution is -0.115. The first-order chi connectivity index (χ1) is 13.2. The zero-order valence-corrected chi connectivity index (χ0v) is 15.4. The summed E-state index contributed by atoms with van der Waals surface area (Å²) in [6.45, 7) is 2.47. The van der Waals surface area contributed by atoms with Gasteiger partial charge in [0.25, 0.3) is 0 Å². The zero-order valence-electron chi connectivity index (χ0n) is 14.6. The second-order valence-corrected chi connectivity index (χ2v) is 6.89. The van der Waals surface area contributed by atoms with Crippen LogP contribution in [0.5, 0.6) is 17.2 Å². The minimum Gasteiger partial charge on any atom is -0.485 e. The lowest BCUT2D eigenvalue weighted by Gasteiger charge is -2.05. The molecule has 0 radical (unpaired) electrons. The molecular formula is C19H17N3O4S. The van der Waals surface area contributed by atoms with Crippen molar-refractivity contribution >= 4 is 22.9 Å². The number of amides is 1. The van der Waals surface area contributed by atoms with Gasteiger partial charge in [0.1, 0.15) is 17.4 Å². The van der Waals surface area contributed by atoms with E-state index in [0.717, 1.165) is 10.7 Å². The van der Waals surface area contributed by atoms with E-state index in [2.05, 4.69) is 15.3 Å². The molecule has 1 amide bonds. The van der Waals surface area contributed by atoms with E-state index in [9.17, 15) is 4.79 Å². The Hall–Kier alpha value is -3.13. The number of carbonyl (C=O) groups is 1. The van der Waals surface area contributed by atoms with Crippen LogP contribution in [0.1, 0.15) is 16.4 Å². The normalized spacial score (nSPS) is 12.0. The third-order valence-corrected chi connectivity index (χ3v) is 4.71. The quantitative estimate of drug-likeness (QED) is 0.703. The van der Waals surface area contributed by atoms with Crippen molar-refractivity contribution in [1.82, 2.24) is 9.97 Å². The van der Waals surface area contributed by atoms with Crippen LogP contribution in [0.15, 0.2) is 41.9 Å². The van der Waals surface area contributed by atoms with Crippen LogP contribution in [-0.4, -0.2) is 22.7 Å². The van der Waals surface area contributed by atoms with Gasteiger partial charge in [-0.15, -0.1) is 11.3 Å². The first kappa shape index (κ1) is 17.3. The standard InChI is InChI=1S/C19H17N3O4S/c1-12-2-4-15(8-20-12)24-9-19-22-14(10-27-19)7-18(23)21-13-3-5-16-17(6-13)26-11-25-16/h2-6,8,10H,7,9,11H2,1H3,(H,21,23). The second kappa shape index (κ2) is 7.63. The number of pyridine rings is 1. The molecule has 0 aliphatic carbocycles. The third-order valence-electron chi connectivity index (χ3n) is 3.84. The fourth-order valence-electron chi connectivity index (χ4n) is 2.53. The number of aromatic nitrogens is 2. The molecule has 1 N–H and O–H groups in total. The predicted molar refractivity (Wildman–Crippen MR) is 100 cm³/mol. The molecule has 27 heavy (non-hydrogen) atoms. The van der Waals surface area contributed by atoms with E-state index < -0.39 is 0 Å². The van der Waals surface area contributed by atoms with Crippen LogP contribution in [0.3, 0.4) is 0 Å². The highest BCUT2D eigenvalue weighted by Gasteiger charge is 2.15. The van der Waals surface area contributed by atoms with Crippen LogP contribution in [0.4, 0.5) is 5.69 Å². The fourth-order valence-corrected chi connectivity index (χ4v) is 3.23. The summed E-state index contributed by atoms with van der Waals surface area (Å²) in [6.07, 6.45) is 1.87. The number of benzene rings is 1. The number of hydrogen-bond donors (Lipinski definition) is 1. The molecule has 0 spiro atoms. The maximum Gasteiger partial charge on any atom is 0.231 e. The highest BCUT2D eigenvalue weighted by molar-refractivity contribution is 7.09. The number of ether oxygens (including phenoxy) is 3. The van der Waals surface area contributed by atoms with Crippen LogP contribution in [0.2, 0.25) is 0 Å². The molecule has 8 heteroatoms. The van der Waals surface area contributed by atoms with Crippen molar-refractivity contribution in [1.29, 1.82) is 0 Å². The van der Waals surface area contributed by atoms with Crippen molar-refractivity contribution in [3.63, 3.8) is 0 Å². The highest BCUT2D eigenvalue weighted by Crippen LogP contribution is 2.34. The number of nitrogens with zero attached hydrogens (tertiary/aromatic N) is 2. The Kier molecular flexibility index (Phi) is 4.88. The first-order valence-electron chi connectivity index (χ1n) is 8.34. The van der Waals surface area contributed by atoms with E-state index in [0.29, 0.717) is 35.2 Å². The van der Waals surface area contributed by atoms with Crippen molar-refractivity contribution < 1.29 is 19.0 Å². The maximum absolute atomic E-state index is 12.2. The largest absolute Gasteiger partial charge is 0.485 e. The average molecular weight is 383 g/mol. The topological polar surface area (TPSA) is 82.6 Å². The van der Waals surface area contributed by atoms with Crippen LogP contribution >= 0.6 is 11.3 Å². The third kappa shape index (κ3) is 4.35. The van der Waals surface area contributed by atoms with Crippen LogP contribution in [-0.2, 0) is 17.8 Å². The van der Waals surface area contributed by atoms with Crippen molar-refractivity contribution in [2.75, 3.05) is 12.1 Å². The van der Waals surface area contributed by atoms with Crippen LogP contribution in [0.25, 0.3) is 0 Å². The SMILES string of the molecule is Cc1ccc(OCc2nc(CC(=O)Nc3ccc4c(c3)OCO4)cs2)cn1. The second-order valence-electron chi connectivity index (χ2n) is 5.95. The molecule has 138 valence electrons. The minimum atomic E-state index is -0.144. The molecule has 1 aliphatic heterocycles. The Morgan fingerprint density at radius 3 is 3.00 bits per heavy atom. The summed E-state index contributed by atoms with van der Waals surface area (Å²) in [6, 6.07) is 9.06. The molecule has 0 saturated carbocycles. The Morgan fingerprint density at radius 1 is 1.26 bits per heavy atom. The summed E-state index contributed by atoms with van der Waals surface area (Å²) in [5.41, 5.74) is 2.31. The maximum atomic E-state index is 12.2. The molecule has 0 fully saturated rings. The summed E-state index contributed by atoms with van der Waals surface area (Å²) in [5.74, 6) is 1.86. The summed E-state index contributed by atoms with van der Waals surface area (Å²) in [4.78, 5) is 20.9. The zero-order chi connectivity index (χ0) is 18.6. The van der Waals surface area contributed by atoms with Crippen molar-refractivity contribution in [2.24, 2.45) is 0 Å². The predicted octanol–water partition coefficient (Wildman–Crippen LogP) is 3.34. The van der Waals surface area contributed by atoms with E-state index >= 15 is 0 Å². The lowest BCUT2D eigenvalue weighted by Crippen LogP contribution is -2.14. The van der Waals surface area contributed by atoms with Gasteiger partial charge in [-0.05, 0) is 31.2 Å². The first-order valence-corrected chi connectivity index (χ1v) is 9.22. The van der Waals surface area contributed by atoms with Crippen molar-refractivity contribution in [2.45, 2.75) is 20.0 Å². The summed E-state index contributed by atoms with van der Waals surface area (Å²) in [7, 11) is 0. The molecule has 0 atom stereocenters. The van der Waals surface area contributed by atoms with E-state index in [-0.39, 0.29) is 19.1 Å². The number of aryl methyl sites for hydroxylation is 1. The van der Waals surface area contributed by atoms with Crippen LogP contribution in [0, 0.1) is 6.92 Å². The van der Waals surface area contributed by atoms with Crippen LogP contribution < -0.4 is 19.5 Å². The molecular weight excluding hydrogens is 366 g/mol. The number of hydrogen-bond acceptors (Lipinski definition) is 7. The summed E-state index contributed by atoms with van der Waals surface area (Å²) < 4.78 is 16.2. The molecule has 0 saturated heterocycles. The van der Waals surface area contributed by atoms with Gasteiger partial charge < -0.3 is 19.5 Å². The van der Waals surface area contributed by atoms with Gasteiger partial charge in [0.2, 0.25) is 12.7 Å². The fraction of sp³-hybridized carbons (Fsp3) is 0.211. The Bertz CT molecular complexity index is 956. The molecule has 0 bridgehead atoms. The van der Waals surface area contributed by atoms with Gasteiger partial charge >= 0.3 is 0 Å². The Balaban J connectivity index is 1.30. The Morgan fingerprint density at radius 2 is 2.15 bits per heavy atom. The van der Waals surface area contributed by atoms with Crippen molar-refractivity contribution in [3.05, 3.63) is 58.3 Å². The van der Waals surface area contributed by atoms with Gasteiger partial charge in [0, 0.05) is 22.8 Å². The smallest absolute Gasteiger partial charge is 0.231 e. The van der Waals surface area contributed by atoms with Gasteiger partial charge in [-0.3, -0.25) is 9.78 Å². The van der Waals surface area contributed by atoms with Crippen molar-refractivity contribution in [3.8, 4) is 17.2 Å². The van der Waals surface area contributed by atoms with Gasteiger partial charge in [-0.25, -0.2) is 4.98 Å². The molecule has 3 aromatic rings. The molecule has 7 nitrogen and oxygen atoms in total. The molecule has 1 aliphatic rings. The molecule has 4 rings (SSSR count). The molecule has 1 aromatic carbocycles. The van der Waals surface area contributed by atoms with E-state index in [1.165, 1.54) is 11.3 Å². The van der Waals surface area contributed by atoms with Gasteiger partial charge in [0.15, 0.2) is 11.5 Å². The monoisotopic (exact) mass is 383 g/mol. The molecule has 0 unspecified atom stereocenters. The molecule has 3 heterocycles. The number of nitrogens with one attached hydrogen (secondary N) is 1. The Labute approximate surface area is 159 Å². The highest BCUT2D eigenvalue weighted by atomic mass is 32.1.